The Labute approximate surface area is 227 Å². The lowest BCUT2D eigenvalue weighted by molar-refractivity contribution is -0.136. The molecule has 0 radical (unpaired) electrons. The van der Waals surface area contributed by atoms with Crippen LogP contribution in [0.15, 0.2) is 66.9 Å². The van der Waals surface area contributed by atoms with Gasteiger partial charge in [-0.05, 0) is 84.8 Å². The number of nitrogens with one attached hydrogen (secondary N) is 1. The van der Waals surface area contributed by atoms with Crippen LogP contribution in [0, 0.1) is 12.7 Å². The van der Waals surface area contributed by atoms with Gasteiger partial charge in [-0.15, -0.1) is 0 Å². The van der Waals surface area contributed by atoms with Gasteiger partial charge >= 0.3 is 5.97 Å². The molecule has 1 amide bonds. The van der Waals surface area contributed by atoms with Crippen LogP contribution in [0.25, 0.3) is 33.2 Å². The minimum atomic E-state index is -0.836. The van der Waals surface area contributed by atoms with Gasteiger partial charge in [0.05, 0.1) is 11.1 Å². The second-order valence-electron chi connectivity index (χ2n) is 10.4. The zero-order chi connectivity index (χ0) is 27.5. The number of carboxylic acid groups (broad SMARTS) is 1. The van der Waals surface area contributed by atoms with E-state index in [4.69, 9.17) is 5.11 Å². The van der Waals surface area contributed by atoms with Gasteiger partial charge in [-0.25, -0.2) is 4.39 Å². The Hall–Kier alpha value is -4.10. The van der Waals surface area contributed by atoms with Gasteiger partial charge in [-0.2, -0.15) is 0 Å². The molecule has 1 saturated heterocycles. The van der Waals surface area contributed by atoms with Gasteiger partial charge in [0.15, 0.2) is 0 Å². The molecule has 0 unspecified atom stereocenters. The lowest BCUT2D eigenvalue weighted by atomic mass is 9.93. The number of rotatable bonds is 8. The standard InChI is InChI=1S/C32H32FN3O3/c1-20-13-24(16-25(33)14-20)28-18-35-29-10-9-23(22-6-3-5-21(15-22)8-11-30(37)38)17-27(29)31(28)32(39)36(2)19-26-7-4-12-34-26/h3,5-6,9-10,13-18,26,34H,4,7-8,11-12,19H2,1-2H3,(H,37,38)/t26-/m0/s1. The summed E-state index contributed by atoms with van der Waals surface area (Å²) in [5, 5.41) is 13.2. The van der Waals surface area contributed by atoms with E-state index >= 15 is 0 Å². The minimum Gasteiger partial charge on any atom is -0.481 e. The molecule has 0 aliphatic carbocycles. The number of pyridine rings is 1. The number of halogens is 1. The highest BCUT2D eigenvalue weighted by molar-refractivity contribution is 6.12. The van der Waals surface area contributed by atoms with E-state index in [1.54, 1.807) is 11.1 Å². The molecule has 5 rings (SSSR count). The molecule has 1 atom stereocenters. The number of hydrogen-bond acceptors (Lipinski definition) is 4. The fraction of sp³-hybridized carbons (Fsp3) is 0.281. The van der Waals surface area contributed by atoms with E-state index in [1.165, 1.54) is 12.1 Å². The molecule has 3 aromatic carbocycles. The quantitative estimate of drug-likeness (QED) is 0.301. The molecule has 0 spiro atoms. The molecule has 2 heterocycles. The maximum atomic E-state index is 14.5. The van der Waals surface area contributed by atoms with E-state index < -0.39 is 5.97 Å². The van der Waals surface area contributed by atoms with Crippen LogP contribution in [-0.4, -0.2) is 53.0 Å². The maximum absolute atomic E-state index is 14.5. The molecule has 1 aromatic heterocycles. The third-order valence-corrected chi connectivity index (χ3v) is 7.33. The first-order valence-electron chi connectivity index (χ1n) is 13.3. The number of aromatic nitrogens is 1. The fourth-order valence-electron chi connectivity index (χ4n) is 5.39. The Bertz CT molecular complexity index is 1530. The number of aliphatic carboxylic acids is 1. The first kappa shape index (κ1) is 26.5. The average molecular weight is 526 g/mol. The van der Waals surface area contributed by atoms with Gasteiger partial charge in [0.2, 0.25) is 0 Å². The minimum absolute atomic E-state index is 0.0579. The van der Waals surface area contributed by atoms with Crippen molar-refractivity contribution in [3.8, 4) is 22.3 Å². The normalized spacial score (nSPS) is 15.0. The number of benzene rings is 3. The van der Waals surface area contributed by atoms with Gasteiger partial charge in [-0.3, -0.25) is 14.6 Å². The van der Waals surface area contributed by atoms with Crippen LogP contribution < -0.4 is 5.32 Å². The Balaban J connectivity index is 1.63. The van der Waals surface area contributed by atoms with Crippen molar-refractivity contribution in [2.45, 2.75) is 38.6 Å². The summed E-state index contributed by atoms with van der Waals surface area (Å²) in [4.78, 5) is 31.5. The summed E-state index contributed by atoms with van der Waals surface area (Å²) in [6, 6.07) is 18.6. The largest absolute Gasteiger partial charge is 0.481 e. The average Bonchev–Trinajstić information content (AvgIpc) is 3.43. The van der Waals surface area contributed by atoms with E-state index in [-0.39, 0.29) is 24.2 Å². The van der Waals surface area contributed by atoms with Crippen molar-refractivity contribution in [3.63, 3.8) is 0 Å². The SMILES string of the molecule is Cc1cc(F)cc(-c2cnc3ccc(-c4cccc(CCC(=O)O)c4)cc3c2C(=O)N(C)C[C@@H]2CCCN2)c1. The summed E-state index contributed by atoms with van der Waals surface area (Å²) in [6.45, 7) is 3.36. The number of aryl methyl sites for hydroxylation is 2. The van der Waals surface area contributed by atoms with Crippen LogP contribution in [0.5, 0.6) is 0 Å². The third kappa shape index (κ3) is 5.99. The Morgan fingerprint density at radius 2 is 1.90 bits per heavy atom. The first-order valence-corrected chi connectivity index (χ1v) is 13.3. The number of fused-ring (bicyclic) bond motifs is 1. The fourth-order valence-corrected chi connectivity index (χ4v) is 5.39. The smallest absolute Gasteiger partial charge is 0.303 e. The summed E-state index contributed by atoms with van der Waals surface area (Å²) in [5.74, 6) is -1.34. The monoisotopic (exact) mass is 525 g/mol. The molecule has 39 heavy (non-hydrogen) atoms. The Kier molecular flexibility index (Phi) is 7.70. The zero-order valence-electron chi connectivity index (χ0n) is 22.2. The van der Waals surface area contributed by atoms with Gasteiger partial charge < -0.3 is 15.3 Å². The van der Waals surface area contributed by atoms with Crippen LogP contribution in [0.2, 0.25) is 0 Å². The van der Waals surface area contributed by atoms with Crippen molar-refractivity contribution in [3.05, 3.63) is 89.4 Å². The van der Waals surface area contributed by atoms with Gasteiger partial charge in [-0.1, -0.05) is 36.4 Å². The van der Waals surface area contributed by atoms with Crippen molar-refractivity contribution >= 4 is 22.8 Å². The number of carbonyl (C=O) groups is 2. The molecule has 200 valence electrons. The lowest BCUT2D eigenvalue weighted by Crippen LogP contribution is -2.38. The highest BCUT2D eigenvalue weighted by atomic mass is 19.1. The molecule has 1 aliphatic rings. The van der Waals surface area contributed by atoms with Crippen molar-refractivity contribution in [1.29, 1.82) is 0 Å². The Morgan fingerprint density at radius 3 is 2.64 bits per heavy atom. The number of hydrogen-bond donors (Lipinski definition) is 2. The van der Waals surface area contributed by atoms with Crippen molar-refractivity contribution < 1.29 is 19.1 Å². The van der Waals surface area contributed by atoms with Crippen LogP contribution in [0.3, 0.4) is 0 Å². The summed E-state index contributed by atoms with van der Waals surface area (Å²) < 4.78 is 14.5. The van der Waals surface area contributed by atoms with Crippen molar-refractivity contribution in [2.24, 2.45) is 0 Å². The maximum Gasteiger partial charge on any atom is 0.303 e. The second-order valence-corrected chi connectivity index (χ2v) is 10.4. The molecule has 0 saturated carbocycles. The first-order chi connectivity index (χ1) is 18.8. The number of carbonyl (C=O) groups excluding carboxylic acids is 1. The summed E-state index contributed by atoms with van der Waals surface area (Å²) >= 11 is 0. The predicted molar refractivity (Wildman–Crippen MR) is 151 cm³/mol. The zero-order valence-corrected chi connectivity index (χ0v) is 22.2. The van der Waals surface area contributed by atoms with Crippen molar-refractivity contribution in [2.75, 3.05) is 20.1 Å². The van der Waals surface area contributed by atoms with Gasteiger partial charge in [0, 0.05) is 43.2 Å². The molecule has 1 aliphatic heterocycles. The molecule has 6 nitrogen and oxygen atoms in total. The van der Waals surface area contributed by atoms with Crippen LogP contribution in [0.1, 0.15) is 40.7 Å². The Morgan fingerprint density at radius 1 is 1.08 bits per heavy atom. The molecule has 4 aromatic rings. The van der Waals surface area contributed by atoms with Gasteiger partial charge in [0.25, 0.3) is 5.91 Å². The number of nitrogens with zero attached hydrogens (tertiary/aromatic N) is 2. The van der Waals surface area contributed by atoms with Crippen LogP contribution in [0.4, 0.5) is 4.39 Å². The number of amides is 1. The van der Waals surface area contributed by atoms with E-state index in [1.807, 2.05) is 62.5 Å². The molecular weight excluding hydrogens is 493 g/mol. The van der Waals surface area contributed by atoms with E-state index in [2.05, 4.69) is 10.3 Å². The predicted octanol–water partition coefficient (Wildman–Crippen LogP) is 5.86. The van der Waals surface area contributed by atoms with Crippen LogP contribution in [-0.2, 0) is 11.2 Å². The lowest BCUT2D eigenvalue weighted by Gasteiger charge is -2.24. The van der Waals surface area contributed by atoms with E-state index in [9.17, 15) is 14.0 Å². The highest BCUT2D eigenvalue weighted by Gasteiger charge is 2.25. The number of carboxylic acids is 1. The van der Waals surface area contributed by atoms with E-state index in [0.717, 1.165) is 41.6 Å². The molecule has 2 N–H and O–H groups in total. The summed E-state index contributed by atoms with van der Waals surface area (Å²) in [6.07, 6.45) is 4.27. The summed E-state index contributed by atoms with van der Waals surface area (Å²) in [7, 11) is 1.81. The highest BCUT2D eigenvalue weighted by Crippen LogP contribution is 2.34. The van der Waals surface area contributed by atoms with Gasteiger partial charge in [0.1, 0.15) is 5.82 Å². The molecule has 7 heteroatoms. The molecule has 1 fully saturated rings. The topological polar surface area (TPSA) is 82.5 Å². The second kappa shape index (κ2) is 11.3. The summed E-state index contributed by atoms with van der Waals surface area (Å²) in [5.41, 5.74) is 5.88. The van der Waals surface area contributed by atoms with E-state index in [0.29, 0.717) is 40.6 Å². The third-order valence-electron chi connectivity index (χ3n) is 7.33. The number of likely N-dealkylation sites (N-methyl/N-ethyl adjacent to an activating group) is 1. The van der Waals surface area contributed by atoms with Crippen LogP contribution >= 0.6 is 0 Å². The molecule has 0 bridgehead atoms. The van der Waals surface area contributed by atoms with Crippen molar-refractivity contribution in [1.82, 2.24) is 15.2 Å². The molecular formula is C32H32FN3O3.